The number of anilines is 3. The van der Waals surface area contributed by atoms with Crippen molar-refractivity contribution in [1.82, 2.24) is 28.6 Å². The summed E-state index contributed by atoms with van der Waals surface area (Å²) in [7, 11) is 5.07. The summed E-state index contributed by atoms with van der Waals surface area (Å²) in [6.45, 7) is 4.56. The van der Waals surface area contributed by atoms with Gasteiger partial charge < -0.3 is 20.3 Å². The van der Waals surface area contributed by atoms with Gasteiger partial charge >= 0.3 is 5.69 Å². The van der Waals surface area contributed by atoms with Gasteiger partial charge in [0.15, 0.2) is 5.65 Å². The van der Waals surface area contributed by atoms with Crippen LogP contribution in [0.15, 0.2) is 36.0 Å². The molecule has 1 aliphatic heterocycles. The highest BCUT2D eigenvalue weighted by Crippen LogP contribution is 2.29. The molecule has 11 nitrogen and oxygen atoms in total. The Morgan fingerprint density at radius 3 is 2.87 bits per heavy atom. The van der Waals surface area contributed by atoms with Gasteiger partial charge in [0.25, 0.3) is 5.88 Å². The van der Waals surface area contributed by atoms with E-state index in [4.69, 9.17) is 4.74 Å². The standard InChI is InChI=1S/C19H24N8O3/c1-5-16(28)25-7-6-12(9-25)26-11-13(22-14-10-24(3)23-18(14)30-4)17-21-8-15(20-2)27(17)19(26)29/h5,8,10-12,20,22H,1,6-7,9H2,2-4H3. The highest BCUT2D eigenvalue weighted by atomic mass is 16.5. The van der Waals surface area contributed by atoms with Crippen LogP contribution in [0.3, 0.4) is 0 Å². The Labute approximate surface area is 172 Å². The van der Waals surface area contributed by atoms with Gasteiger partial charge in [0.1, 0.15) is 11.5 Å². The Balaban J connectivity index is 1.81. The number of aromatic nitrogens is 5. The summed E-state index contributed by atoms with van der Waals surface area (Å²) in [5.41, 5.74) is 1.52. The molecule has 158 valence electrons. The van der Waals surface area contributed by atoms with E-state index in [1.54, 1.807) is 53.9 Å². The van der Waals surface area contributed by atoms with Crippen LogP contribution in [0.5, 0.6) is 5.88 Å². The molecule has 4 rings (SSSR count). The van der Waals surface area contributed by atoms with Crippen LogP contribution < -0.4 is 21.1 Å². The SMILES string of the molecule is C=CC(=O)N1CCC(n2cc(Nc3cn(C)nc3OC)c3ncc(NC)n3c2=O)C1. The maximum Gasteiger partial charge on any atom is 0.335 e. The maximum absolute atomic E-state index is 13.3. The number of carbonyl (C=O) groups is 1. The molecule has 3 aromatic rings. The molecule has 1 amide bonds. The molecule has 0 bridgehead atoms. The highest BCUT2D eigenvalue weighted by molar-refractivity contribution is 5.87. The number of hydrogen-bond donors (Lipinski definition) is 2. The molecular weight excluding hydrogens is 388 g/mol. The minimum absolute atomic E-state index is 0.136. The highest BCUT2D eigenvalue weighted by Gasteiger charge is 2.28. The second-order valence-electron chi connectivity index (χ2n) is 7.07. The number of ether oxygens (including phenoxy) is 1. The second kappa shape index (κ2) is 7.58. The van der Waals surface area contributed by atoms with E-state index in [1.165, 1.54) is 10.5 Å². The van der Waals surface area contributed by atoms with Crippen molar-refractivity contribution >= 4 is 28.7 Å². The normalized spacial score (nSPS) is 16.1. The number of carbonyl (C=O) groups excluding carboxylic acids is 1. The second-order valence-corrected chi connectivity index (χ2v) is 7.07. The lowest BCUT2D eigenvalue weighted by molar-refractivity contribution is -0.125. The number of nitrogens with zero attached hydrogens (tertiary/aromatic N) is 6. The zero-order valence-electron chi connectivity index (χ0n) is 17.1. The molecule has 1 saturated heterocycles. The van der Waals surface area contributed by atoms with Crippen LogP contribution in [0.25, 0.3) is 5.65 Å². The van der Waals surface area contributed by atoms with Crippen molar-refractivity contribution in [3.05, 3.63) is 41.7 Å². The van der Waals surface area contributed by atoms with Crippen LogP contribution in [0.1, 0.15) is 12.5 Å². The zero-order valence-corrected chi connectivity index (χ0v) is 17.1. The monoisotopic (exact) mass is 412 g/mol. The molecule has 2 N–H and O–H groups in total. The Hall–Kier alpha value is -3.76. The van der Waals surface area contributed by atoms with Crippen LogP contribution in [0, 0.1) is 0 Å². The molecule has 0 radical (unpaired) electrons. The smallest absolute Gasteiger partial charge is 0.335 e. The first-order valence-electron chi connectivity index (χ1n) is 9.53. The first-order chi connectivity index (χ1) is 14.5. The van der Waals surface area contributed by atoms with Crippen LogP contribution in [0.2, 0.25) is 0 Å². The number of fused-ring (bicyclic) bond motifs is 1. The van der Waals surface area contributed by atoms with Gasteiger partial charge in [-0.3, -0.25) is 14.0 Å². The molecule has 11 heteroatoms. The third-order valence-corrected chi connectivity index (χ3v) is 5.24. The maximum atomic E-state index is 13.3. The first-order valence-corrected chi connectivity index (χ1v) is 9.53. The average molecular weight is 412 g/mol. The van der Waals surface area contributed by atoms with Gasteiger partial charge in [0, 0.05) is 33.4 Å². The fourth-order valence-corrected chi connectivity index (χ4v) is 3.78. The molecule has 1 unspecified atom stereocenters. The van der Waals surface area contributed by atoms with E-state index < -0.39 is 0 Å². The fraction of sp³-hybridized carbons (Fsp3) is 0.368. The number of rotatable bonds is 6. The van der Waals surface area contributed by atoms with Gasteiger partial charge in [-0.25, -0.2) is 14.2 Å². The van der Waals surface area contributed by atoms with E-state index in [9.17, 15) is 9.59 Å². The van der Waals surface area contributed by atoms with E-state index in [2.05, 4.69) is 27.3 Å². The minimum atomic E-state index is -0.228. The Morgan fingerprint density at radius 1 is 1.37 bits per heavy atom. The Morgan fingerprint density at radius 2 is 2.17 bits per heavy atom. The Bertz CT molecular complexity index is 1170. The number of hydrogen-bond acceptors (Lipinski definition) is 7. The van der Waals surface area contributed by atoms with Crippen molar-refractivity contribution < 1.29 is 9.53 Å². The third-order valence-electron chi connectivity index (χ3n) is 5.24. The average Bonchev–Trinajstić information content (AvgIpc) is 3.47. The van der Waals surface area contributed by atoms with Gasteiger partial charge in [0.2, 0.25) is 5.91 Å². The molecule has 0 saturated carbocycles. The van der Waals surface area contributed by atoms with Crippen molar-refractivity contribution in [1.29, 1.82) is 0 Å². The van der Waals surface area contributed by atoms with E-state index in [0.717, 1.165) is 0 Å². The van der Waals surface area contributed by atoms with E-state index in [1.807, 2.05) is 0 Å². The van der Waals surface area contributed by atoms with Crippen molar-refractivity contribution in [3.8, 4) is 5.88 Å². The van der Waals surface area contributed by atoms with Gasteiger partial charge in [-0.2, -0.15) is 0 Å². The summed E-state index contributed by atoms with van der Waals surface area (Å²) in [6.07, 6.45) is 7.10. The lowest BCUT2D eigenvalue weighted by Crippen LogP contribution is -2.33. The lowest BCUT2D eigenvalue weighted by Gasteiger charge is -2.18. The molecule has 3 aromatic heterocycles. The molecule has 4 heterocycles. The number of nitrogens with one attached hydrogen (secondary N) is 2. The number of methoxy groups -OCH3 is 1. The van der Waals surface area contributed by atoms with Gasteiger partial charge in [-0.15, -0.1) is 5.10 Å². The molecule has 0 spiro atoms. The van der Waals surface area contributed by atoms with Crippen molar-refractivity contribution in [3.63, 3.8) is 0 Å². The molecule has 30 heavy (non-hydrogen) atoms. The van der Waals surface area contributed by atoms with Crippen LogP contribution >= 0.6 is 0 Å². The first kappa shape index (κ1) is 19.6. The summed E-state index contributed by atoms with van der Waals surface area (Å²) in [4.78, 5) is 31.4. The topological polar surface area (TPSA) is 111 Å². The van der Waals surface area contributed by atoms with Crippen molar-refractivity contribution in [2.45, 2.75) is 12.5 Å². The summed E-state index contributed by atoms with van der Waals surface area (Å²) in [5, 5.41) is 10.5. The van der Waals surface area contributed by atoms with Crippen LogP contribution in [0.4, 0.5) is 17.2 Å². The summed E-state index contributed by atoms with van der Waals surface area (Å²) in [5.74, 6) is 0.864. The number of amides is 1. The number of imidazole rings is 1. The summed E-state index contributed by atoms with van der Waals surface area (Å²) < 4.78 is 10.1. The minimum Gasteiger partial charge on any atom is -0.478 e. The molecule has 1 aliphatic rings. The quantitative estimate of drug-likeness (QED) is 0.581. The van der Waals surface area contributed by atoms with Crippen LogP contribution in [-0.4, -0.2) is 61.8 Å². The molecule has 0 aromatic carbocycles. The van der Waals surface area contributed by atoms with Gasteiger partial charge in [0.05, 0.1) is 31.2 Å². The summed E-state index contributed by atoms with van der Waals surface area (Å²) >= 11 is 0. The predicted octanol–water partition coefficient (Wildman–Crippen LogP) is 0.983. The van der Waals surface area contributed by atoms with E-state index in [-0.39, 0.29) is 17.6 Å². The fourth-order valence-electron chi connectivity index (χ4n) is 3.78. The molecule has 1 fully saturated rings. The van der Waals surface area contributed by atoms with Crippen molar-refractivity contribution in [2.24, 2.45) is 7.05 Å². The van der Waals surface area contributed by atoms with E-state index >= 15 is 0 Å². The van der Waals surface area contributed by atoms with Crippen molar-refractivity contribution in [2.75, 3.05) is 37.9 Å². The molecule has 0 aliphatic carbocycles. The summed E-state index contributed by atoms with van der Waals surface area (Å²) in [6, 6.07) is -0.158. The van der Waals surface area contributed by atoms with Gasteiger partial charge in [-0.1, -0.05) is 6.58 Å². The number of aryl methyl sites for hydroxylation is 1. The Kier molecular flexibility index (Phi) is 4.94. The lowest BCUT2D eigenvalue weighted by atomic mass is 10.2. The van der Waals surface area contributed by atoms with Crippen LogP contribution in [-0.2, 0) is 11.8 Å². The molecule has 1 atom stereocenters. The largest absolute Gasteiger partial charge is 0.478 e. The van der Waals surface area contributed by atoms with E-state index in [0.29, 0.717) is 48.2 Å². The number of likely N-dealkylation sites (tertiary alicyclic amines) is 1. The molecular formula is C19H24N8O3. The third kappa shape index (κ3) is 3.17. The predicted molar refractivity (Wildman–Crippen MR) is 112 cm³/mol. The zero-order chi connectivity index (χ0) is 21.4. The van der Waals surface area contributed by atoms with Gasteiger partial charge in [-0.05, 0) is 12.5 Å².